The predicted octanol–water partition coefficient (Wildman–Crippen LogP) is 6.63. The summed E-state index contributed by atoms with van der Waals surface area (Å²) in [6.07, 6.45) is 11.0. The quantitative estimate of drug-likeness (QED) is 0.456. The Balaban J connectivity index is 1.67. The van der Waals surface area contributed by atoms with Crippen LogP contribution in [0.25, 0.3) is 0 Å². The molecule has 186 valence electrons. The number of carbonyl (C=O) groups is 1. The number of hydrogen-bond acceptors (Lipinski definition) is 3. The summed E-state index contributed by atoms with van der Waals surface area (Å²) in [7, 11) is 0. The molecule has 2 saturated carbocycles. The first-order valence-corrected chi connectivity index (χ1v) is 13.5. The number of ketones is 1. The fourth-order valence-corrected chi connectivity index (χ4v) is 9.29. The van der Waals surface area contributed by atoms with E-state index in [0.29, 0.717) is 30.0 Å². The van der Waals surface area contributed by atoms with Crippen LogP contribution in [0.2, 0.25) is 0 Å². The molecule has 2 fully saturated rings. The summed E-state index contributed by atoms with van der Waals surface area (Å²) in [6.45, 7) is 16.3. The highest BCUT2D eigenvalue weighted by molar-refractivity contribution is 5.99. The van der Waals surface area contributed by atoms with E-state index in [0.717, 1.165) is 44.1 Å². The maximum Gasteiger partial charge on any atom is 0.159 e. The van der Waals surface area contributed by atoms with E-state index in [4.69, 9.17) is 0 Å². The minimum atomic E-state index is -0.266. The summed E-state index contributed by atoms with van der Waals surface area (Å²) in [5.74, 6) is 1.94. The van der Waals surface area contributed by atoms with Crippen LogP contribution in [0.3, 0.4) is 0 Å². The molecule has 0 spiro atoms. The zero-order valence-electron chi connectivity index (χ0n) is 22.3. The normalized spacial score (nSPS) is 43.7. The van der Waals surface area contributed by atoms with Crippen molar-refractivity contribution in [2.75, 3.05) is 6.61 Å². The molecule has 4 aliphatic carbocycles. The summed E-state index contributed by atoms with van der Waals surface area (Å²) < 4.78 is 0. The molecule has 2 N–H and O–H groups in total. The average molecular weight is 457 g/mol. The van der Waals surface area contributed by atoms with Gasteiger partial charge in [-0.05, 0) is 97.7 Å². The highest BCUT2D eigenvalue weighted by Gasteiger charge is 2.65. The van der Waals surface area contributed by atoms with Crippen molar-refractivity contribution in [2.45, 2.75) is 112 Å². The van der Waals surface area contributed by atoms with Crippen molar-refractivity contribution >= 4 is 5.78 Å². The van der Waals surface area contributed by atoms with Crippen LogP contribution < -0.4 is 0 Å². The molecule has 0 amide bonds. The van der Waals surface area contributed by atoms with Gasteiger partial charge in [-0.15, -0.1) is 0 Å². The van der Waals surface area contributed by atoms with Crippen LogP contribution in [0.15, 0.2) is 22.8 Å². The number of aliphatic hydroxyl groups is 2. The van der Waals surface area contributed by atoms with E-state index in [1.807, 2.05) is 6.92 Å². The number of aliphatic hydroxyl groups excluding tert-OH is 2. The average Bonchev–Trinajstić information content (AvgIpc) is 3.02. The van der Waals surface area contributed by atoms with Gasteiger partial charge in [-0.1, -0.05) is 58.8 Å². The molecule has 3 nitrogen and oxygen atoms in total. The second-order valence-corrected chi connectivity index (χ2v) is 13.5. The molecule has 0 radical (unpaired) electrons. The van der Waals surface area contributed by atoms with Gasteiger partial charge in [-0.25, -0.2) is 0 Å². The van der Waals surface area contributed by atoms with Gasteiger partial charge in [0.2, 0.25) is 0 Å². The molecule has 0 aromatic heterocycles. The highest BCUT2D eigenvalue weighted by atomic mass is 16.3. The lowest BCUT2D eigenvalue weighted by Gasteiger charge is -2.61. The number of carbonyl (C=O) groups excluding carboxylic acids is 1. The van der Waals surface area contributed by atoms with Gasteiger partial charge in [0.25, 0.3) is 0 Å². The van der Waals surface area contributed by atoms with Crippen molar-refractivity contribution in [1.29, 1.82) is 0 Å². The fourth-order valence-electron chi connectivity index (χ4n) is 9.29. The molecule has 0 heterocycles. The Morgan fingerprint density at radius 3 is 2.48 bits per heavy atom. The Hall–Kier alpha value is -0.930. The van der Waals surface area contributed by atoms with Crippen LogP contribution in [0.5, 0.6) is 0 Å². The van der Waals surface area contributed by atoms with Gasteiger partial charge in [0.15, 0.2) is 5.78 Å². The lowest BCUT2D eigenvalue weighted by Crippen LogP contribution is -2.57. The molecule has 3 heteroatoms. The van der Waals surface area contributed by atoms with E-state index in [1.54, 1.807) is 0 Å². The van der Waals surface area contributed by atoms with Gasteiger partial charge < -0.3 is 10.2 Å². The molecular weight excluding hydrogens is 408 g/mol. The largest absolute Gasteiger partial charge is 0.393 e. The monoisotopic (exact) mass is 456 g/mol. The van der Waals surface area contributed by atoms with Crippen LogP contribution in [0.1, 0.15) is 106 Å². The Bertz CT molecular complexity index is 866. The van der Waals surface area contributed by atoms with Gasteiger partial charge in [-0.3, -0.25) is 4.79 Å². The number of Topliss-reactive ketones (excluding diaryl/α,β-unsaturated/α-hetero) is 1. The van der Waals surface area contributed by atoms with E-state index < -0.39 is 0 Å². The van der Waals surface area contributed by atoms with E-state index in [2.05, 4.69) is 47.6 Å². The van der Waals surface area contributed by atoms with Gasteiger partial charge in [0.05, 0.1) is 12.7 Å². The molecule has 0 bridgehead atoms. The number of rotatable bonds is 5. The summed E-state index contributed by atoms with van der Waals surface area (Å²) in [6, 6.07) is 0. The third-order valence-electron chi connectivity index (χ3n) is 11.6. The van der Waals surface area contributed by atoms with Crippen molar-refractivity contribution in [1.82, 2.24) is 0 Å². The highest BCUT2D eigenvalue weighted by Crippen LogP contribution is 2.71. The smallest absolute Gasteiger partial charge is 0.159 e. The molecule has 0 aromatic carbocycles. The third kappa shape index (κ3) is 3.54. The summed E-state index contributed by atoms with van der Waals surface area (Å²) in [5.41, 5.74) is 3.66. The zero-order chi connectivity index (χ0) is 24.4. The van der Waals surface area contributed by atoms with Crippen molar-refractivity contribution in [2.24, 2.45) is 39.4 Å². The van der Waals surface area contributed by atoms with Gasteiger partial charge in [0.1, 0.15) is 0 Å². The standard InChI is InChI=1S/C30H48O3/c1-19(18-31)9-8-10-20(2)21-13-16-29(6)22-11-12-24-27(3,4)25(33)14-15-28(24,5)26(22)23(32)17-30(21,29)7/h9,20-21,24-25,31,33H,8,10-18H2,1-7H3/b19-9-/t20-,21-,24+,25+,28+,29+,30-/m1/s1. The summed E-state index contributed by atoms with van der Waals surface area (Å²) >= 11 is 0. The number of fused-ring (bicyclic) bond motifs is 4. The second kappa shape index (κ2) is 8.33. The van der Waals surface area contributed by atoms with Crippen LogP contribution >= 0.6 is 0 Å². The molecular formula is C30H48O3. The van der Waals surface area contributed by atoms with Crippen LogP contribution in [-0.2, 0) is 4.79 Å². The summed E-state index contributed by atoms with van der Waals surface area (Å²) in [5, 5.41) is 20.1. The number of allylic oxidation sites excluding steroid dienone is 3. The molecule has 4 rings (SSSR count). The minimum absolute atomic E-state index is 0.0327. The van der Waals surface area contributed by atoms with Crippen molar-refractivity contribution in [3.8, 4) is 0 Å². The van der Waals surface area contributed by atoms with E-state index in [1.165, 1.54) is 24.0 Å². The first kappa shape index (κ1) is 25.2. The first-order chi connectivity index (χ1) is 15.3. The molecule has 0 saturated heterocycles. The Morgan fingerprint density at radius 2 is 1.82 bits per heavy atom. The van der Waals surface area contributed by atoms with Gasteiger partial charge in [-0.2, -0.15) is 0 Å². The Morgan fingerprint density at radius 1 is 1.12 bits per heavy atom. The molecule has 33 heavy (non-hydrogen) atoms. The molecule has 0 aromatic rings. The fraction of sp³-hybridized carbons (Fsp3) is 0.833. The SMILES string of the molecule is C/C(=C/CC[C@@H](C)[C@H]1CC[C@@]2(C)C3=C(C(=O)C[C@]12C)[C@@]1(C)CC[C@H](O)C(C)(C)[C@@H]1CC3)CO. The van der Waals surface area contributed by atoms with Crippen molar-refractivity contribution in [3.63, 3.8) is 0 Å². The van der Waals surface area contributed by atoms with Crippen molar-refractivity contribution < 1.29 is 15.0 Å². The van der Waals surface area contributed by atoms with E-state index in [-0.39, 0.29) is 34.4 Å². The molecule has 0 aliphatic heterocycles. The van der Waals surface area contributed by atoms with E-state index in [9.17, 15) is 15.0 Å². The predicted molar refractivity (Wildman–Crippen MR) is 135 cm³/mol. The first-order valence-electron chi connectivity index (χ1n) is 13.5. The van der Waals surface area contributed by atoms with Crippen LogP contribution in [0, 0.1) is 39.4 Å². The second-order valence-electron chi connectivity index (χ2n) is 13.5. The van der Waals surface area contributed by atoms with Gasteiger partial charge >= 0.3 is 0 Å². The Kier molecular flexibility index (Phi) is 6.35. The topological polar surface area (TPSA) is 57.5 Å². The van der Waals surface area contributed by atoms with Crippen molar-refractivity contribution in [3.05, 3.63) is 22.8 Å². The summed E-state index contributed by atoms with van der Waals surface area (Å²) in [4.78, 5) is 14.0. The maximum atomic E-state index is 14.0. The third-order valence-corrected chi connectivity index (χ3v) is 11.6. The molecule has 0 unspecified atom stereocenters. The van der Waals surface area contributed by atoms with Crippen LogP contribution in [0.4, 0.5) is 0 Å². The molecule has 7 atom stereocenters. The van der Waals surface area contributed by atoms with Crippen LogP contribution in [-0.4, -0.2) is 28.7 Å². The minimum Gasteiger partial charge on any atom is -0.393 e. The number of hydrogen-bond donors (Lipinski definition) is 2. The zero-order valence-corrected chi connectivity index (χ0v) is 22.3. The van der Waals surface area contributed by atoms with Gasteiger partial charge in [0, 0.05) is 12.0 Å². The lowest BCUT2D eigenvalue weighted by atomic mass is 9.43. The molecule has 4 aliphatic rings. The Labute approximate surface area is 202 Å². The lowest BCUT2D eigenvalue weighted by molar-refractivity contribution is -0.131. The van der Waals surface area contributed by atoms with E-state index >= 15 is 0 Å². The maximum absolute atomic E-state index is 14.0.